The Hall–Kier alpha value is -3.41. The Morgan fingerprint density at radius 3 is 2.21 bits per heavy atom. The molecule has 34 heavy (non-hydrogen) atoms. The second-order valence-corrected chi connectivity index (χ2v) is 9.39. The van der Waals surface area contributed by atoms with Gasteiger partial charge >= 0.3 is 0 Å². The number of aromatic nitrogens is 2. The summed E-state index contributed by atoms with van der Waals surface area (Å²) >= 11 is 0. The number of anilines is 1. The quantitative estimate of drug-likeness (QED) is 0.554. The SMILES string of the molecule is Cc1cc(C)c(C)c(OCC(=O)N2CCN(c3ccc(-c4cc(C)c(C)cc4C)nn3)CC2)c1. The number of ether oxygens (including phenoxy) is 1. The van der Waals surface area contributed by atoms with E-state index in [0.29, 0.717) is 13.1 Å². The van der Waals surface area contributed by atoms with Gasteiger partial charge in [0.15, 0.2) is 12.4 Å². The van der Waals surface area contributed by atoms with Crippen molar-refractivity contribution in [1.82, 2.24) is 15.1 Å². The minimum atomic E-state index is 0.0184. The second kappa shape index (κ2) is 9.84. The van der Waals surface area contributed by atoms with Crippen LogP contribution in [0.15, 0.2) is 36.4 Å². The lowest BCUT2D eigenvalue weighted by molar-refractivity contribution is -0.133. The number of rotatable bonds is 5. The van der Waals surface area contributed by atoms with Crippen molar-refractivity contribution >= 4 is 11.7 Å². The van der Waals surface area contributed by atoms with Gasteiger partial charge in [0.25, 0.3) is 5.91 Å². The molecule has 1 aliphatic rings. The molecule has 0 saturated carbocycles. The van der Waals surface area contributed by atoms with E-state index in [-0.39, 0.29) is 12.5 Å². The molecule has 0 radical (unpaired) electrons. The summed E-state index contributed by atoms with van der Waals surface area (Å²) in [7, 11) is 0. The summed E-state index contributed by atoms with van der Waals surface area (Å²) in [4.78, 5) is 16.8. The van der Waals surface area contributed by atoms with Gasteiger partial charge in [0, 0.05) is 31.7 Å². The van der Waals surface area contributed by atoms with Crippen molar-refractivity contribution in [2.75, 3.05) is 37.7 Å². The molecular formula is C28H34N4O2. The van der Waals surface area contributed by atoms with Crippen LogP contribution in [0.4, 0.5) is 5.82 Å². The predicted molar refractivity (Wildman–Crippen MR) is 137 cm³/mol. The zero-order valence-electron chi connectivity index (χ0n) is 21.1. The van der Waals surface area contributed by atoms with Crippen LogP contribution in [0.2, 0.25) is 0 Å². The maximum Gasteiger partial charge on any atom is 0.260 e. The lowest BCUT2D eigenvalue weighted by Crippen LogP contribution is -2.50. The Bertz CT molecular complexity index is 1200. The Balaban J connectivity index is 1.34. The normalized spacial score (nSPS) is 13.8. The molecule has 6 nitrogen and oxygen atoms in total. The van der Waals surface area contributed by atoms with Gasteiger partial charge in [-0.15, -0.1) is 10.2 Å². The van der Waals surface area contributed by atoms with E-state index in [4.69, 9.17) is 4.74 Å². The van der Waals surface area contributed by atoms with Crippen molar-refractivity contribution in [2.24, 2.45) is 0 Å². The summed E-state index contributed by atoms with van der Waals surface area (Å²) in [5, 5.41) is 8.99. The van der Waals surface area contributed by atoms with Crippen molar-refractivity contribution in [3.8, 4) is 17.0 Å². The number of benzene rings is 2. The van der Waals surface area contributed by atoms with Gasteiger partial charge in [-0.1, -0.05) is 12.1 Å². The third kappa shape index (κ3) is 5.06. The Labute approximate surface area is 202 Å². The van der Waals surface area contributed by atoms with Crippen LogP contribution in [0.3, 0.4) is 0 Å². The molecule has 1 fully saturated rings. The molecule has 0 aliphatic carbocycles. The average Bonchev–Trinajstić information content (AvgIpc) is 2.83. The third-order valence-corrected chi connectivity index (χ3v) is 6.84. The maximum atomic E-state index is 12.7. The van der Waals surface area contributed by atoms with E-state index in [1.807, 2.05) is 36.9 Å². The number of aryl methyl sites for hydroxylation is 5. The minimum Gasteiger partial charge on any atom is -0.483 e. The largest absolute Gasteiger partial charge is 0.483 e. The Kier molecular flexibility index (Phi) is 6.87. The van der Waals surface area contributed by atoms with Crippen LogP contribution in [0, 0.1) is 41.5 Å². The fourth-order valence-electron chi connectivity index (χ4n) is 4.44. The van der Waals surface area contributed by atoms with Crippen LogP contribution < -0.4 is 9.64 Å². The zero-order chi connectivity index (χ0) is 24.4. The number of hydrogen-bond donors (Lipinski definition) is 0. The molecule has 0 atom stereocenters. The monoisotopic (exact) mass is 458 g/mol. The van der Waals surface area contributed by atoms with E-state index in [1.165, 1.54) is 22.3 Å². The van der Waals surface area contributed by atoms with Crippen LogP contribution >= 0.6 is 0 Å². The van der Waals surface area contributed by atoms with Crippen LogP contribution in [0.1, 0.15) is 33.4 Å². The maximum absolute atomic E-state index is 12.7. The van der Waals surface area contributed by atoms with E-state index < -0.39 is 0 Å². The van der Waals surface area contributed by atoms with Gasteiger partial charge in [0.2, 0.25) is 0 Å². The van der Waals surface area contributed by atoms with E-state index in [2.05, 4.69) is 61.0 Å². The zero-order valence-corrected chi connectivity index (χ0v) is 21.1. The van der Waals surface area contributed by atoms with Crippen molar-refractivity contribution in [2.45, 2.75) is 41.5 Å². The smallest absolute Gasteiger partial charge is 0.260 e. The molecule has 1 aromatic heterocycles. The summed E-state index contributed by atoms with van der Waals surface area (Å²) in [5.41, 5.74) is 9.15. The molecule has 6 heteroatoms. The molecule has 2 aromatic carbocycles. The highest BCUT2D eigenvalue weighted by molar-refractivity contribution is 5.78. The van der Waals surface area contributed by atoms with Crippen LogP contribution in [-0.4, -0.2) is 53.8 Å². The van der Waals surface area contributed by atoms with Crippen molar-refractivity contribution in [1.29, 1.82) is 0 Å². The molecule has 0 bridgehead atoms. The summed E-state index contributed by atoms with van der Waals surface area (Å²) in [6, 6.07) is 12.6. The first-order chi connectivity index (χ1) is 16.2. The van der Waals surface area contributed by atoms with E-state index >= 15 is 0 Å². The number of carbonyl (C=O) groups excluding carboxylic acids is 1. The highest BCUT2D eigenvalue weighted by atomic mass is 16.5. The first-order valence-corrected chi connectivity index (χ1v) is 11.9. The predicted octanol–water partition coefficient (Wildman–Crippen LogP) is 4.72. The lowest BCUT2D eigenvalue weighted by Gasteiger charge is -2.35. The molecule has 178 valence electrons. The summed E-state index contributed by atoms with van der Waals surface area (Å²) in [6.07, 6.45) is 0. The Morgan fingerprint density at radius 2 is 1.53 bits per heavy atom. The van der Waals surface area contributed by atoms with Gasteiger partial charge in [-0.25, -0.2) is 0 Å². The summed E-state index contributed by atoms with van der Waals surface area (Å²) in [5.74, 6) is 1.66. The number of amides is 1. The molecule has 0 N–H and O–H groups in total. The number of piperazine rings is 1. The van der Waals surface area contributed by atoms with Crippen LogP contribution in [0.5, 0.6) is 5.75 Å². The highest BCUT2D eigenvalue weighted by Crippen LogP contribution is 2.26. The molecule has 1 aliphatic heterocycles. The van der Waals surface area contributed by atoms with Gasteiger partial charge in [-0.3, -0.25) is 4.79 Å². The van der Waals surface area contributed by atoms with Crippen molar-refractivity contribution in [3.05, 3.63) is 69.8 Å². The van der Waals surface area contributed by atoms with Crippen LogP contribution in [-0.2, 0) is 4.79 Å². The van der Waals surface area contributed by atoms with Gasteiger partial charge in [0.05, 0.1) is 5.69 Å². The molecule has 1 saturated heterocycles. The Morgan fingerprint density at radius 1 is 0.824 bits per heavy atom. The van der Waals surface area contributed by atoms with E-state index in [1.54, 1.807) is 0 Å². The number of carbonyl (C=O) groups is 1. The third-order valence-electron chi connectivity index (χ3n) is 6.84. The van der Waals surface area contributed by atoms with Gasteiger partial charge in [-0.2, -0.15) is 0 Å². The number of nitrogens with zero attached hydrogens (tertiary/aromatic N) is 4. The van der Waals surface area contributed by atoms with E-state index in [0.717, 1.165) is 47.0 Å². The number of hydrogen-bond acceptors (Lipinski definition) is 5. The van der Waals surface area contributed by atoms with Gasteiger partial charge < -0.3 is 14.5 Å². The standard InChI is InChI=1S/C28H34N4O2/c1-18-13-21(4)23(6)26(14-18)34-17-28(33)32-11-9-31(10-12-32)27-8-7-25(29-30-27)24-16-20(3)19(2)15-22(24)5/h7-8,13-16H,9-12,17H2,1-6H3. The molecule has 2 heterocycles. The molecule has 0 spiro atoms. The molecular weight excluding hydrogens is 424 g/mol. The van der Waals surface area contributed by atoms with Crippen molar-refractivity contribution < 1.29 is 9.53 Å². The topological polar surface area (TPSA) is 58.6 Å². The molecule has 3 aromatic rings. The summed E-state index contributed by atoms with van der Waals surface area (Å²) < 4.78 is 5.88. The lowest BCUT2D eigenvalue weighted by atomic mass is 9.99. The van der Waals surface area contributed by atoms with E-state index in [9.17, 15) is 4.79 Å². The molecule has 1 amide bonds. The minimum absolute atomic E-state index is 0.0184. The first kappa shape index (κ1) is 23.7. The molecule has 4 rings (SSSR count). The summed E-state index contributed by atoms with van der Waals surface area (Å²) in [6.45, 7) is 15.3. The van der Waals surface area contributed by atoms with Gasteiger partial charge in [0.1, 0.15) is 5.75 Å². The first-order valence-electron chi connectivity index (χ1n) is 11.9. The fraction of sp³-hybridized carbons (Fsp3) is 0.393. The van der Waals surface area contributed by atoms with Gasteiger partial charge in [-0.05, 0) is 99.2 Å². The average molecular weight is 459 g/mol. The molecule has 0 unspecified atom stereocenters. The second-order valence-electron chi connectivity index (χ2n) is 9.39. The highest BCUT2D eigenvalue weighted by Gasteiger charge is 2.23. The van der Waals surface area contributed by atoms with Crippen LogP contribution in [0.25, 0.3) is 11.3 Å². The van der Waals surface area contributed by atoms with Crippen molar-refractivity contribution in [3.63, 3.8) is 0 Å². The fourth-order valence-corrected chi connectivity index (χ4v) is 4.44.